The summed E-state index contributed by atoms with van der Waals surface area (Å²) in [5.41, 5.74) is 5.22. The van der Waals surface area contributed by atoms with Gasteiger partial charge in [-0.15, -0.1) is 0 Å². The van der Waals surface area contributed by atoms with E-state index < -0.39 is 6.04 Å². The Morgan fingerprint density at radius 1 is 1.45 bits per heavy atom. The lowest BCUT2D eigenvalue weighted by atomic mass is 10.3. The van der Waals surface area contributed by atoms with Gasteiger partial charge in [0.25, 0.3) is 5.91 Å². The molecule has 7 nitrogen and oxygen atoms in total. The lowest BCUT2D eigenvalue weighted by molar-refractivity contribution is -0.157. The van der Waals surface area contributed by atoms with Gasteiger partial charge in [0.1, 0.15) is 0 Å². The topological polar surface area (TPSA) is 161 Å². The Morgan fingerprint density at radius 2 is 1.91 bits per heavy atom. The number of carbonyl (C=O) groups excluding carboxylic acids is 1. The molecular weight excluding hydrogens is 156 g/mol. The van der Waals surface area contributed by atoms with Crippen molar-refractivity contribution in [1.82, 2.24) is 5.06 Å². The second kappa shape index (κ2) is 6.01. The van der Waals surface area contributed by atoms with Gasteiger partial charge in [0.2, 0.25) is 0 Å². The summed E-state index contributed by atoms with van der Waals surface area (Å²) in [6.45, 7) is 0.375. The van der Waals surface area contributed by atoms with Crippen molar-refractivity contribution in [2.24, 2.45) is 5.73 Å². The average Bonchev–Trinajstić information content (AvgIpc) is 1.98. The highest BCUT2D eigenvalue weighted by molar-refractivity contribution is 5.82. The molecule has 0 aromatic heterocycles. The fourth-order valence-corrected chi connectivity index (χ4v) is 0.686. The van der Waals surface area contributed by atoms with Crippen LogP contribution in [0.2, 0.25) is 0 Å². The van der Waals surface area contributed by atoms with Crippen LogP contribution in [0.25, 0.3) is 0 Å². The van der Waals surface area contributed by atoms with Crippen molar-refractivity contribution in [1.29, 1.82) is 0 Å². The van der Waals surface area contributed by atoms with E-state index in [0.29, 0.717) is 18.0 Å². The molecule has 1 rings (SSSR count). The molecule has 9 N–H and O–H groups in total. The average molecular weight is 170 g/mol. The van der Waals surface area contributed by atoms with Crippen molar-refractivity contribution in [2.75, 3.05) is 6.54 Å². The molecule has 1 amide bonds. The molecule has 1 heterocycles. The first-order valence-electron chi connectivity index (χ1n) is 2.47. The highest BCUT2D eigenvalue weighted by atomic mass is 16.5. The predicted octanol–water partition coefficient (Wildman–Crippen LogP) is -3.54. The van der Waals surface area contributed by atoms with Crippen molar-refractivity contribution < 1.29 is 26.4 Å². The molecule has 0 aromatic rings. The summed E-state index contributed by atoms with van der Waals surface area (Å²) in [6.07, 6.45) is 0.565. The normalized spacial score (nSPS) is 21.5. The molecule has 0 radical (unpaired) electrons. The van der Waals surface area contributed by atoms with Gasteiger partial charge in [-0.1, -0.05) is 0 Å². The Labute approximate surface area is 63.3 Å². The van der Waals surface area contributed by atoms with Crippen molar-refractivity contribution in [3.8, 4) is 0 Å². The van der Waals surface area contributed by atoms with Crippen LogP contribution in [-0.2, 0) is 4.79 Å². The van der Waals surface area contributed by atoms with Gasteiger partial charge in [-0.25, -0.2) is 5.06 Å². The Bertz CT molecular complexity index is 107. The molecule has 1 saturated heterocycles. The molecule has 11 heavy (non-hydrogen) atoms. The van der Waals surface area contributed by atoms with Crippen LogP contribution in [0.3, 0.4) is 0 Å². The van der Waals surface area contributed by atoms with Gasteiger partial charge < -0.3 is 22.2 Å². The molecule has 70 valence electrons. The summed E-state index contributed by atoms with van der Waals surface area (Å²) in [7, 11) is 0. The van der Waals surface area contributed by atoms with E-state index in [1.54, 1.807) is 0 Å². The molecule has 1 unspecified atom stereocenters. The van der Waals surface area contributed by atoms with Crippen LogP contribution in [0.4, 0.5) is 0 Å². The second-order valence-electron chi connectivity index (χ2n) is 1.86. The van der Waals surface area contributed by atoms with E-state index in [0.717, 1.165) is 0 Å². The zero-order valence-electron chi connectivity index (χ0n) is 5.87. The number of carbonyl (C=O) groups is 1. The highest BCUT2D eigenvalue weighted by Crippen LogP contribution is 2.04. The van der Waals surface area contributed by atoms with Crippen LogP contribution in [0.5, 0.6) is 0 Å². The summed E-state index contributed by atoms with van der Waals surface area (Å²) >= 11 is 0. The Balaban J connectivity index is -0.000000213. The van der Waals surface area contributed by atoms with Gasteiger partial charge in [-0.3, -0.25) is 10.0 Å². The molecule has 0 saturated carbocycles. The summed E-state index contributed by atoms with van der Waals surface area (Å²) in [4.78, 5) is 10.5. The minimum absolute atomic E-state index is 0. The number of amides is 1. The first kappa shape index (κ1) is 16.7. The minimum Gasteiger partial charge on any atom is -0.412 e. The van der Waals surface area contributed by atoms with Crippen molar-refractivity contribution in [3.63, 3.8) is 0 Å². The van der Waals surface area contributed by atoms with Crippen molar-refractivity contribution >= 4 is 5.91 Å². The number of hydrogen-bond donors (Lipinski definition) is 2. The van der Waals surface area contributed by atoms with Crippen LogP contribution in [0.15, 0.2) is 0 Å². The van der Waals surface area contributed by atoms with E-state index in [9.17, 15) is 4.79 Å². The van der Waals surface area contributed by atoms with Gasteiger partial charge in [0.15, 0.2) is 0 Å². The quantitative estimate of drug-likeness (QED) is 0.360. The van der Waals surface area contributed by atoms with E-state index in [-0.39, 0.29) is 22.3 Å². The molecule has 0 bridgehead atoms. The Hall–Kier alpha value is -0.730. The van der Waals surface area contributed by atoms with Crippen LogP contribution in [0, 0.1) is 0 Å². The van der Waals surface area contributed by atoms with Crippen LogP contribution in [0.1, 0.15) is 6.42 Å². The maximum absolute atomic E-state index is 10.5. The molecule has 7 heteroatoms. The molecule has 1 fully saturated rings. The fraction of sp³-hybridized carbons (Fsp3) is 0.750. The Kier molecular flexibility index (Phi) is 9.12. The summed E-state index contributed by atoms with van der Waals surface area (Å²) < 4.78 is 0. The molecule has 0 aromatic carbocycles. The third-order valence-corrected chi connectivity index (χ3v) is 1.22. The second-order valence-corrected chi connectivity index (χ2v) is 1.86. The van der Waals surface area contributed by atoms with E-state index in [1.807, 2.05) is 0 Å². The third-order valence-electron chi connectivity index (χ3n) is 1.22. The fourth-order valence-electron chi connectivity index (χ4n) is 0.686. The number of hydroxylamine groups is 2. The standard InChI is InChI=1S/C4H8N2O2.3H2O/c5-3-1-2-6(8)4(3)7;;;/h3,8H,1-2,5H2;3*1H2. The van der Waals surface area contributed by atoms with Gasteiger partial charge >= 0.3 is 0 Å². The molecule has 1 aliphatic heterocycles. The minimum atomic E-state index is -0.472. The summed E-state index contributed by atoms with van der Waals surface area (Å²) in [5.74, 6) is -0.370. The van der Waals surface area contributed by atoms with Crippen LogP contribution in [-0.4, -0.2) is 45.2 Å². The first-order valence-corrected chi connectivity index (χ1v) is 2.47. The maximum atomic E-state index is 10.5. The lowest BCUT2D eigenvalue weighted by Gasteiger charge is -2.02. The highest BCUT2D eigenvalue weighted by Gasteiger charge is 2.26. The smallest absolute Gasteiger partial charge is 0.262 e. The number of rotatable bonds is 0. The van der Waals surface area contributed by atoms with Crippen LogP contribution >= 0.6 is 0 Å². The monoisotopic (exact) mass is 170 g/mol. The van der Waals surface area contributed by atoms with Gasteiger partial charge in [0.05, 0.1) is 12.6 Å². The molecule has 0 spiro atoms. The molecular formula is C4H14N2O5. The van der Waals surface area contributed by atoms with E-state index >= 15 is 0 Å². The zero-order chi connectivity index (χ0) is 6.15. The predicted molar refractivity (Wildman–Crippen MR) is 36.9 cm³/mol. The van der Waals surface area contributed by atoms with E-state index in [1.165, 1.54) is 0 Å². The number of hydrogen-bond acceptors (Lipinski definition) is 3. The number of nitrogens with two attached hydrogens (primary N) is 1. The van der Waals surface area contributed by atoms with Crippen molar-refractivity contribution in [2.45, 2.75) is 12.5 Å². The maximum Gasteiger partial charge on any atom is 0.262 e. The zero-order valence-corrected chi connectivity index (χ0v) is 5.87. The lowest BCUT2D eigenvalue weighted by Crippen LogP contribution is -2.31. The molecule has 1 aliphatic rings. The first-order chi connectivity index (χ1) is 3.72. The van der Waals surface area contributed by atoms with Crippen molar-refractivity contribution in [3.05, 3.63) is 0 Å². The molecule has 0 aliphatic carbocycles. The van der Waals surface area contributed by atoms with Crippen LogP contribution < -0.4 is 5.73 Å². The molecule has 1 atom stereocenters. The number of nitrogens with zero attached hydrogens (tertiary/aromatic N) is 1. The largest absolute Gasteiger partial charge is 0.412 e. The van der Waals surface area contributed by atoms with E-state index in [2.05, 4.69) is 0 Å². The Morgan fingerprint density at radius 3 is 2.00 bits per heavy atom. The summed E-state index contributed by atoms with van der Waals surface area (Å²) in [6, 6.07) is -0.472. The van der Waals surface area contributed by atoms with Gasteiger partial charge in [-0.2, -0.15) is 0 Å². The van der Waals surface area contributed by atoms with E-state index in [4.69, 9.17) is 10.9 Å². The SMILES string of the molecule is NC1CCN(O)C1=O.O.O.O. The summed E-state index contributed by atoms with van der Waals surface area (Å²) in [5, 5.41) is 9.23. The van der Waals surface area contributed by atoms with Gasteiger partial charge in [0, 0.05) is 0 Å². The third kappa shape index (κ3) is 3.25. The van der Waals surface area contributed by atoms with Gasteiger partial charge in [-0.05, 0) is 6.42 Å².